The fourth-order valence-electron chi connectivity index (χ4n) is 1.69. The zero-order chi connectivity index (χ0) is 10.8. The van der Waals surface area contributed by atoms with Crippen LogP contribution in [-0.2, 0) is 0 Å². The summed E-state index contributed by atoms with van der Waals surface area (Å²) >= 11 is 0. The number of hydrogen-bond acceptors (Lipinski definition) is 2. The second-order valence-corrected chi connectivity index (χ2v) is 3.96. The van der Waals surface area contributed by atoms with Crippen molar-refractivity contribution in [2.24, 2.45) is 0 Å². The minimum Gasteiger partial charge on any atom is -0.481 e. The van der Waals surface area contributed by atoms with Crippen LogP contribution >= 0.6 is 0 Å². The first-order valence-electron chi connectivity index (χ1n) is 5.15. The van der Waals surface area contributed by atoms with Gasteiger partial charge in [-0.15, -0.1) is 0 Å². The largest absolute Gasteiger partial charge is 0.481 e. The van der Waals surface area contributed by atoms with E-state index in [0.29, 0.717) is 11.8 Å². The number of rotatable bonds is 2. The van der Waals surface area contributed by atoms with E-state index in [1.54, 1.807) is 13.3 Å². The molecule has 78 valence electrons. The first-order valence-corrected chi connectivity index (χ1v) is 5.15. The van der Waals surface area contributed by atoms with Crippen molar-refractivity contribution in [2.75, 3.05) is 7.11 Å². The minimum absolute atomic E-state index is 0.550. The van der Waals surface area contributed by atoms with Gasteiger partial charge < -0.3 is 4.74 Å². The third-order valence-corrected chi connectivity index (χ3v) is 2.61. The highest BCUT2D eigenvalue weighted by atomic mass is 16.5. The van der Waals surface area contributed by atoms with Crippen molar-refractivity contribution in [2.45, 2.75) is 19.8 Å². The normalized spacial score (nSPS) is 10.9. The fraction of sp³-hybridized carbons (Fsp3) is 0.308. The molecular formula is C13H15NO. The Bertz CT molecular complexity index is 477. The molecule has 2 aromatic rings. The molecule has 0 radical (unpaired) electrons. The first kappa shape index (κ1) is 9.97. The van der Waals surface area contributed by atoms with Gasteiger partial charge in [0.15, 0.2) is 0 Å². The van der Waals surface area contributed by atoms with Crippen LogP contribution in [0, 0.1) is 0 Å². The number of fused-ring (bicyclic) bond motifs is 1. The van der Waals surface area contributed by atoms with E-state index in [-0.39, 0.29) is 0 Å². The molecule has 0 bridgehead atoms. The van der Waals surface area contributed by atoms with Crippen molar-refractivity contribution in [3.8, 4) is 5.88 Å². The fourth-order valence-corrected chi connectivity index (χ4v) is 1.69. The van der Waals surface area contributed by atoms with Gasteiger partial charge in [-0.25, -0.2) is 4.98 Å². The van der Waals surface area contributed by atoms with Crippen molar-refractivity contribution in [3.63, 3.8) is 0 Å². The number of methoxy groups -OCH3 is 1. The van der Waals surface area contributed by atoms with Gasteiger partial charge in [0.2, 0.25) is 5.88 Å². The molecule has 1 aromatic carbocycles. The molecule has 2 nitrogen and oxygen atoms in total. The smallest absolute Gasteiger partial charge is 0.221 e. The Labute approximate surface area is 89.9 Å². The SMILES string of the molecule is COc1nccc2cc(C(C)C)ccc12. The molecule has 0 fully saturated rings. The second kappa shape index (κ2) is 3.89. The molecule has 0 spiro atoms. The number of benzene rings is 1. The monoisotopic (exact) mass is 201 g/mol. The molecule has 0 saturated heterocycles. The lowest BCUT2D eigenvalue weighted by molar-refractivity contribution is 0.403. The molecule has 0 saturated carbocycles. The topological polar surface area (TPSA) is 22.1 Å². The number of hydrogen-bond donors (Lipinski definition) is 0. The Morgan fingerprint density at radius 1 is 1.20 bits per heavy atom. The highest BCUT2D eigenvalue weighted by Crippen LogP contribution is 2.26. The maximum atomic E-state index is 5.22. The van der Waals surface area contributed by atoms with E-state index in [1.807, 2.05) is 6.07 Å². The summed E-state index contributed by atoms with van der Waals surface area (Å²) in [6.07, 6.45) is 1.78. The molecule has 2 heteroatoms. The molecule has 0 amide bonds. The molecule has 2 rings (SSSR count). The predicted molar refractivity (Wildman–Crippen MR) is 62.4 cm³/mol. The Morgan fingerprint density at radius 2 is 2.00 bits per heavy atom. The summed E-state index contributed by atoms with van der Waals surface area (Å²) in [6, 6.07) is 8.43. The number of aromatic nitrogens is 1. The van der Waals surface area contributed by atoms with Crippen LogP contribution in [0.3, 0.4) is 0 Å². The second-order valence-electron chi connectivity index (χ2n) is 3.96. The molecule has 1 aromatic heterocycles. The van der Waals surface area contributed by atoms with Gasteiger partial charge in [0.1, 0.15) is 0 Å². The Hall–Kier alpha value is -1.57. The van der Waals surface area contributed by atoms with E-state index in [4.69, 9.17) is 4.74 Å². The molecule has 0 atom stereocenters. The summed E-state index contributed by atoms with van der Waals surface area (Å²) in [6.45, 7) is 4.39. The van der Waals surface area contributed by atoms with Crippen LogP contribution in [-0.4, -0.2) is 12.1 Å². The molecule has 0 aliphatic carbocycles. The molecule has 0 N–H and O–H groups in total. The summed E-state index contributed by atoms with van der Waals surface area (Å²) < 4.78 is 5.22. The van der Waals surface area contributed by atoms with Gasteiger partial charge in [-0.05, 0) is 29.0 Å². The first-order chi connectivity index (χ1) is 7.22. The highest BCUT2D eigenvalue weighted by Gasteiger charge is 2.04. The quantitative estimate of drug-likeness (QED) is 0.743. The molecule has 15 heavy (non-hydrogen) atoms. The van der Waals surface area contributed by atoms with Crippen molar-refractivity contribution in [1.82, 2.24) is 4.98 Å². The number of ether oxygens (including phenoxy) is 1. The average molecular weight is 201 g/mol. The van der Waals surface area contributed by atoms with Gasteiger partial charge in [0, 0.05) is 11.6 Å². The third-order valence-electron chi connectivity index (χ3n) is 2.61. The Balaban J connectivity index is 2.63. The molecule has 0 aliphatic heterocycles. The maximum absolute atomic E-state index is 5.22. The van der Waals surface area contributed by atoms with Crippen LogP contribution in [0.15, 0.2) is 30.5 Å². The van der Waals surface area contributed by atoms with Crippen LogP contribution < -0.4 is 4.74 Å². The summed E-state index contributed by atoms with van der Waals surface area (Å²) in [7, 11) is 1.65. The van der Waals surface area contributed by atoms with E-state index < -0.39 is 0 Å². The van der Waals surface area contributed by atoms with Crippen LogP contribution in [0.5, 0.6) is 5.88 Å². The molecule has 1 heterocycles. The molecular weight excluding hydrogens is 186 g/mol. The van der Waals surface area contributed by atoms with Gasteiger partial charge in [0.25, 0.3) is 0 Å². The van der Waals surface area contributed by atoms with Crippen LogP contribution in [0.1, 0.15) is 25.3 Å². The zero-order valence-corrected chi connectivity index (χ0v) is 9.32. The maximum Gasteiger partial charge on any atom is 0.221 e. The van der Waals surface area contributed by atoms with Crippen LogP contribution in [0.25, 0.3) is 10.8 Å². The molecule has 0 aliphatic rings. The van der Waals surface area contributed by atoms with E-state index in [9.17, 15) is 0 Å². The van der Waals surface area contributed by atoms with Crippen molar-refractivity contribution >= 4 is 10.8 Å². The Morgan fingerprint density at radius 3 is 2.67 bits per heavy atom. The summed E-state index contributed by atoms with van der Waals surface area (Å²) in [5, 5.41) is 2.26. The predicted octanol–water partition coefficient (Wildman–Crippen LogP) is 3.37. The van der Waals surface area contributed by atoms with E-state index in [1.165, 1.54) is 10.9 Å². The Kier molecular flexibility index (Phi) is 2.58. The average Bonchev–Trinajstić information content (AvgIpc) is 2.27. The van der Waals surface area contributed by atoms with Crippen molar-refractivity contribution in [3.05, 3.63) is 36.0 Å². The van der Waals surface area contributed by atoms with Gasteiger partial charge in [-0.1, -0.05) is 26.0 Å². The van der Waals surface area contributed by atoms with Crippen molar-refractivity contribution < 1.29 is 4.74 Å². The summed E-state index contributed by atoms with van der Waals surface area (Å²) in [5.41, 5.74) is 1.34. The zero-order valence-electron chi connectivity index (χ0n) is 9.32. The number of nitrogens with zero attached hydrogens (tertiary/aromatic N) is 1. The van der Waals surface area contributed by atoms with E-state index in [0.717, 1.165) is 5.39 Å². The van der Waals surface area contributed by atoms with Crippen molar-refractivity contribution in [1.29, 1.82) is 0 Å². The van der Waals surface area contributed by atoms with E-state index >= 15 is 0 Å². The van der Waals surface area contributed by atoms with Crippen LogP contribution in [0.2, 0.25) is 0 Å². The number of pyridine rings is 1. The van der Waals surface area contributed by atoms with E-state index in [2.05, 4.69) is 37.0 Å². The van der Waals surface area contributed by atoms with Gasteiger partial charge in [-0.3, -0.25) is 0 Å². The third kappa shape index (κ3) is 1.80. The van der Waals surface area contributed by atoms with Gasteiger partial charge in [-0.2, -0.15) is 0 Å². The highest BCUT2D eigenvalue weighted by molar-refractivity contribution is 5.87. The van der Waals surface area contributed by atoms with Gasteiger partial charge in [0.05, 0.1) is 7.11 Å². The standard InChI is InChI=1S/C13H15NO/c1-9(2)10-4-5-12-11(8-10)6-7-14-13(12)15-3/h4-9H,1-3H3. The van der Waals surface area contributed by atoms with Crippen LogP contribution in [0.4, 0.5) is 0 Å². The summed E-state index contributed by atoms with van der Waals surface area (Å²) in [5.74, 6) is 1.25. The lowest BCUT2D eigenvalue weighted by atomic mass is 10.0. The molecule has 0 unspecified atom stereocenters. The lowest BCUT2D eigenvalue weighted by Gasteiger charge is -2.08. The summed E-state index contributed by atoms with van der Waals surface area (Å²) in [4.78, 5) is 4.18. The van der Waals surface area contributed by atoms with Gasteiger partial charge >= 0.3 is 0 Å². The minimum atomic E-state index is 0.550. The lowest BCUT2D eigenvalue weighted by Crippen LogP contribution is -1.91.